The van der Waals surface area contributed by atoms with E-state index in [1.165, 1.54) is 6.08 Å². The van der Waals surface area contributed by atoms with Crippen molar-refractivity contribution >= 4 is 5.97 Å². The first-order valence-corrected chi connectivity index (χ1v) is 7.87. The Labute approximate surface area is 131 Å². The van der Waals surface area contributed by atoms with E-state index in [1.54, 1.807) is 12.2 Å². The van der Waals surface area contributed by atoms with Gasteiger partial charge in [0.2, 0.25) is 0 Å². The maximum absolute atomic E-state index is 11.2. The normalized spacial score (nSPS) is 45.3. The van der Waals surface area contributed by atoms with Gasteiger partial charge in [-0.05, 0) is 31.6 Å². The highest BCUT2D eigenvalue weighted by atomic mass is 16.4. The van der Waals surface area contributed by atoms with Crippen molar-refractivity contribution in [1.29, 1.82) is 0 Å². The third-order valence-corrected chi connectivity index (χ3v) is 5.13. The molecule has 0 aliphatic heterocycles. The van der Waals surface area contributed by atoms with Gasteiger partial charge in [-0.15, -0.1) is 0 Å². The van der Waals surface area contributed by atoms with Gasteiger partial charge >= 0.3 is 5.97 Å². The number of hydrogen-bond donors (Lipinski definition) is 3. The number of aliphatic hydroxyl groups is 2. The van der Waals surface area contributed by atoms with Crippen molar-refractivity contribution in [3.63, 3.8) is 0 Å². The van der Waals surface area contributed by atoms with Gasteiger partial charge in [0.15, 0.2) is 0 Å². The van der Waals surface area contributed by atoms with E-state index < -0.39 is 17.2 Å². The van der Waals surface area contributed by atoms with Crippen LogP contribution in [0.4, 0.5) is 0 Å². The fourth-order valence-corrected chi connectivity index (χ4v) is 4.32. The molecular formula is C18H26O4. The first-order valence-electron chi connectivity index (χ1n) is 7.87. The maximum atomic E-state index is 11.2. The lowest BCUT2D eigenvalue weighted by Crippen LogP contribution is -2.55. The van der Waals surface area contributed by atoms with Crippen LogP contribution in [0.25, 0.3) is 0 Å². The Morgan fingerprint density at radius 3 is 2.50 bits per heavy atom. The number of aliphatic carboxylic acids is 1. The summed E-state index contributed by atoms with van der Waals surface area (Å²) >= 11 is 0. The molecule has 0 aromatic heterocycles. The van der Waals surface area contributed by atoms with Gasteiger partial charge in [-0.2, -0.15) is 0 Å². The number of carboxylic acid groups (broad SMARTS) is 1. The Morgan fingerprint density at radius 1 is 1.18 bits per heavy atom. The van der Waals surface area contributed by atoms with Crippen molar-refractivity contribution in [3.05, 3.63) is 36.5 Å². The molecule has 0 aromatic carbocycles. The second-order valence-corrected chi connectivity index (χ2v) is 7.19. The van der Waals surface area contributed by atoms with Gasteiger partial charge in [0.05, 0.1) is 11.2 Å². The quantitative estimate of drug-likeness (QED) is 0.425. The van der Waals surface area contributed by atoms with Crippen LogP contribution in [0.5, 0.6) is 0 Å². The van der Waals surface area contributed by atoms with Gasteiger partial charge in [0.25, 0.3) is 0 Å². The molecule has 22 heavy (non-hydrogen) atoms. The molecule has 6 unspecified atom stereocenters. The highest BCUT2D eigenvalue weighted by Gasteiger charge is 2.52. The van der Waals surface area contributed by atoms with Gasteiger partial charge in [-0.1, -0.05) is 44.2 Å². The largest absolute Gasteiger partial charge is 0.478 e. The van der Waals surface area contributed by atoms with Gasteiger partial charge in [0, 0.05) is 17.9 Å². The smallest absolute Gasteiger partial charge is 0.328 e. The van der Waals surface area contributed by atoms with Gasteiger partial charge in [-0.3, -0.25) is 0 Å². The SMILES string of the molecule is CC1CC(C)(O)CC2C=CC(C)C(O)(C=CC=CC(=O)O)C12. The van der Waals surface area contributed by atoms with Gasteiger partial charge < -0.3 is 15.3 Å². The van der Waals surface area contributed by atoms with E-state index in [0.29, 0.717) is 12.8 Å². The summed E-state index contributed by atoms with van der Waals surface area (Å²) in [7, 11) is 0. The minimum absolute atomic E-state index is 0.0298. The van der Waals surface area contributed by atoms with Crippen LogP contribution in [-0.4, -0.2) is 32.5 Å². The summed E-state index contributed by atoms with van der Waals surface area (Å²) in [6.45, 7) is 5.90. The van der Waals surface area contributed by atoms with Gasteiger partial charge in [0.1, 0.15) is 0 Å². The molecule has 1 saturated carbocycles. The molecule has 2 rings (SSSR count). The molecule has 0 saturated heterocycles. The summed E-state index contributed by atoms with van der Waals surface area (Å²) in [5, 5.41) is 30.3. The molecule has 0 amide bonds. The van der Waals surface area contributed by atoms with E-state index >= 15 is 0 Å². The summed E-state index contributed by atoms with van der Waals surface area (Å²) in [5.41, 5.74) is -1.71. The molecule has 0 aromatic rings. The summed E-state index contributed by atoms with van der Waals surface area (Å²) in [4.78, 5) is 10.5. The van der Waals surface area contributed by atoms with Crippen LogP contribution in [0.1, 0.15) is 33.6 Å². The van der Waals surface area contributed by atoms with Crippen molar-refractivity contribution < 1.29 is 20.1 Å². The number of carboxylic acids is 1. The third-order valence-electron chi connectivity index (χ3n) is 5.13. The number of fused-ring (bicyclic) bond motifs is 1. The standard InChI is InChI=1S/C18H26O4/c1-12-10-17(3,21)11-14-8-7-13(2)18(22,16(12)14)9-5-4-6-15(19)20/h4-9,12-14,16,21-22H,10-11H2,1-3H3,(H,19,20). The van der Waals surface area contributed by atoms with E-state index in [4.69, 9.17) is 5.11 Å². The van der Waals surface area contributed by atoms with Crippen molar-refractivity contribution in [1.82, 2.24) is 0 Å². The van der Waals surface area contributed by atoms with E-state index in [1.807, 2.05) is 19.9 Å². The highest BCUT2D eigenvalue weighted by molar-refractivity contribution is 5.80. The van der Waals surface area contributed by atoms with Gasteiger partial charge in [-0.25, -0.2) is 4.79 Å². The summed E-state index contributed by atoms with van der Waals surface area (Å²) in [5.74, 6) is -0.712. The zero-order valence-electron chi connectivity index (χ0n) is 13.4. The summed E-state index contributed by atoms with van der Waals surface area (Å²) < 4.78 is 0. The number of allylic oxidation sites excluding steroid dienone is 3. The van der Waals surface area contributed by atoms with Crippen LogP contribution in [0.2, 0.25) is 0 Å². The van der Waals surface area contributed by atoms with E-state index in [2.05, 4.69) is 13.0 Å². The van der Waals surface area contributed by atoms with Crippen molar-refractivity contribution in [2.75, 3.05) is 0 Å². The van der Waals surface area contributed by atoms with Crippen molar-refractivity contribution in [2.24, 2.45) is 23.7 Å². The lowest BCUT2D eigenvalue weighted by molar-refractivity contribution is -0.131. The number of rotatable bonds is 3. The molecule has 122 valence electrons. The predicted molar refractivity (Wildman–Crippen MR) is 85.2 cm³/mol. The fourth-order valence-electron chi connectivity index (χ4n) is 4.32. The molecule has 2 aliphatic rings. The minimum atomic E-state index is -1.02. The molecule has 0 bridgehead atoms. The monoisotopic (exact) mass is 306 g/mol. The lowest BCUT2D eigenvalue weighted by atomic mass is 9.56. The number of carbonyl (C=O) groups is 1. The predicted octanol–water partition coefficient (Wildman–Crippen LogP) is 2.53. The Balaban J connectivity index is 2.29. The second kappa shape index (κ2) is 6.01. The molecule has 1 fully saturated rings. The summed E-state index contributed by atoms with van der Waals surface area (Å²) in [6, 6.07) is 0. The van der Waals surface area contributed by atoms with E-state index in [0.717, 1.165) is 6.08 Å². The molecule has 0 heterocycles. The molecule has 0 spiro atoms. The average molecular weight is 306 g/mol. The van der Waals surface area contributed by atoms with E-state index in [9.17, 15) is 15.0 Å². The Bertz CT molecular complexity index is 517. The summed E-state index contributed by atoms with van der Waals surface area (Å²) in [6.07, 6.45) is 11.2. The molecule has 3 N–H and O–H groups in total. The molecular weight excluding hydrogens is 280 g/mol. The first kappa shape index (κ1) is 17.0. The Hall–Kier alpha value is -1.39. The zero-order chi connectivity index (χ0) is 16.5. The van der Waals surface area contributed by atoms with E-state index in [-0.39, 0.29) is 23.7 Å². The third kappa shape index (κ3) is 3.33. The maximum Gasteiger partial charge on any atom is 0.328 e. The lowest BCUT2D eigenvalue weighted by Gasteiger charge is -2.52. The minimum Gasteiger partial charge on any atom is -0.478 e. The topological polar surface area (TPSA) is 77.8 Å². The van der Waals surface area contributed by atoms with Crippen LogP contribution in [0.15, 0.2) is 36.5 Å². The molecule has 4 nitrogen and oxygen atoms in total. The Kier molecular flexibility index (Phi) is 4.64. The molecule has 4 heteroatoms. The molecule has 6 atom stereocenters. The van der Waals surface area contributed by atoms with Crippen LogP contribution < -0.4 is 0 Å². The van der Waals surface area contributed by atoms with Crippen LogP contribution in [-0.2, 0) is 4.79 Å². The van der Waals surface area contributed by atoms with Crippen LogP contribution >= 0.6 is 0 Å². The highest BCUT2D eigenvalue weighted by Crippen LogP contribution is 2.51. The van der Waals surface area contributed by atoms with Crippen molar-refractivity contribution in [2.45, 2.75) is 44.8 Å². The van der Waals surface area contributed by atoms with Crippen LogP contribution in [0, 0.1) is 23.7 Å². The first-order chi connectivity index (χ1) is 10.2. The average Bonchev–Trinajstić information content (AvgIpc) is 2.37. The van der Waals surface area contributed by atoms with Crippen LogP contribution in [0.3, 0.4) is 0 Å². The Morgan fingerprint density at radius 2 is 1.86 bits per heavy atom. The van der Waals surface area contributed by atoms with Crippen molar-refractivity contribution in [3.8, 4) is 0 Å². The second-order valence-electron chi connectivity index (χ2n) is 7.19. The number of hydrogen-bond acceptors (Lipinski definition) is 3. The molecule has 0 radical (unpaired) electrons. The fraction of sp³-hybridized carbons (Fsp3) is 0.611. The molecule has 2 aliphatic carbocycles. The zero-order valence-corrected chi connectivity index (χ0v) is 13.4.